The van der Waals surface area contributed by atoms with Crippen LogP contribution in [0.2, 0.25) is 0 Å². The fraction of sp³-hybridized carbons (Fsp3) is 0.818. The summed E-state index contributed by atoms with van der Waals surface area (Å²) in [4.78, 5) is 6.35. The lowest BCUT2D eigenvalue weighted by atomic mass is 10.1. The highest BCUT2D eigenvalue weighted by atomic mass is 32.2. The van der Waals surface area contributed by atoms with Crippen molar-refractivity contribution in [1.82, 2.24) is 19.3 Å². The third kappa shape index (κ3) is 3.75. The third-order valence-electron chi connectivity index (χ3n) is 3.20. The highest BCUT2D eigenvalue weighted by Gasteiger charge is 2.26. The van der Waals surface area contributed by atoms with Crippen molar-refractivity contribution >= 4 is 10.0 Å². The average molecular weight is 303 g/mol. The lowest BCUT2D eigenvalue weighted by molar-refractivity contribution is 0.163. The SMILES string of the molecule is CC(C)(N)c1noc(CN2CCN(S(C)(=O)=O)CC2)n1. The van der Waals surface area contributed by atoms with Crippen molar-refractivity contribution in [2.45, 2.75) is 25.9 Å². The first-order chi connectivity index (χ1) is 9.16. The monoisotopic (exact) mass is 303 g/mol. The van der Waals surface area contributed by atoms with Crippen molar-refractivity contribution in [3.05, 3.63) is 11.7 Å². The van der Waals surface area contributed by atoms with Crippen LogP contribution in [0.1, 0.15) is 25.6 Å². The Bertz CT molecular complexity index is 555. The average Bonchev–Trinajstić information content (AvgIpc) is 2.77. The first-order valence-electron chi connectivity index (χ1n) is 6.46. The number of hydrogen-bond acceptors (Lipinski definition) is 7. The van der Waals surface area contributed by atoms with Gasteiger partial charge in [-0.2, -0.15) is 9.29 Å². The number of aromatic nitrogens is 2. The summed E-state index contributed by atoms with van der Waals surface area (Å²) in [5.41, 5.74) is 5.27. The van der Waals surface area contributed by atoms with E-state index in [1.807, 2.05) is 13.8 Å². The quantitative estimate of drug-likeness (QED) is 0.787. The molecule has 2 rings (SSSR count). The molecule has 0 atom stereocenters. The van der Waals surface area contributed by atoms with Gasteiger partial charge in [-0.25, -0.2) is 8.42 Å². The van der Waals surface area contributed by atoms with Crippen LogP contribution in [-0.2, 0) is 22.1 Å². The molecule has 1 saturated heterocycles. The summed E-state index contributed by atoms with van der Waals surface area (Å²) in [6.45, 7) is 6.41. The molecule has 0 radical (unpaired) electrons. The molecule has 0 unspecified atom stereocenters. The minimum absolute atomic E-state index is 0.474. The van der Waals surface area contributed by atoms with Crippen LogP contribution in [0.4, 0.5) is 0 Å². The summed E-state index contributed by atoms with van der Waals surface area (Å²) in [6.07, 6.45) is 1.23. The third-order valence-corrected chi connectivity index (χ3v) is 4.51. The van der Waals surface area contributed by atoms with E-state index in [1.54, 1.807) is 0 Å². The van der Waals surface area contributed by atoms with Gasteiger partial charge in [-0.1, -0.05) is 5.16 Å². The predicted molar refractivity (Wildman–Crippen MR) is 73.2 cm³/mol. The number of nitrogens with two attached hydrogens (primary N) is 1. The lowest BCUT2D eigenvalue weighted by Gasteiger charge is -2.32. The van der Waals surface area contributed by atoms with Gasteiger partial charge in [-0.05, 0) is 13.8 Å². The van der Waals surface area contributed by atoms with Crippen LogP contribution in [0.3, 0.4) is 0 Å². The number of hydrogen-bond donors (Lipinski definition) is 1. The van der Waals surface area contributed by atoms with Crippen LogP contribution in [0.5, 0.6) is 0 Å². The van der Waals surface area contributed by atoms with Gasteiger partial charge in [-0.3, -0.25) is 4.90 Å². The van der Waals surface area contributed by atoms with Crippen molar-refractivity contribution in [2.24, 2.45) is 5.73 Å². The Morgan fingerprint density at radius 3 is 2.35 bits per heavy atom. The second-order valence-corrected chi connectivity index (χ2v) is 7.65. The van der Waals surface area contributed by atoms with Crippen LogP contribution in [0, 0.1) is 0 Å². The summed E-state index contributed by atoms with van der Waals surface area (Å²) in [5, 5.41) is 3.86. The largest absolute Gasteiger partial charge is 0.338 e. The molecule has 0 saturated carbocycles. The van der Waals surface area contributed by atoms with Gasteiger partial charge in [-0.15, -0.1) is 0 Å². The van der Waals surface area contributed by atoms with Crippen molar-refractivity contribution in [3.63, 3.8) is 0 Å². The molecule has 0 amide bonds. The Morgan fingerprint density at radius 1 is 1.30 bits per heavy atom. The molecular formula is C11H21N5O3S. The van der Waals surface area contributed by atoms with E-state index in [9.17, 15) is 8.42 Å². The molecule has 1 fully saturated rings. The van der Waals surface area contributed by atoms with Gasteiger partial charge in [0.05, 0.1) is 18.3 Å². The maximum atomic E-state index is 11.4. The van der Waals surface area contributed by atoms with Crippen LogP contribution in [0.25, 0.3) is 0 Å². The van der Waals surface area contributed by atoms with Gasteiger partial charge in [0.25, 0.3) is 0 Å². The maximum Gasteiger partial charge on any atom is 0.240 e. The second kappa shape index (κ2) is 5.40. The Kier molecular flexibility index (Phi) is 4.14. The van der Waals surface area contributed by atoms with Gasteiger partial charge >= 0.3 is 0 Å². The molecule has 0 aromatic carbocycles. The molecule has 8 nitrogen and oxygen atoms in total. The molecular weight excluding hydrogens is 282 g/mol. The highest BCUT2D eigenvalue weighted by molar-refractivity contribution is 7.88. The Hall–Kier alpha value is -1.03. The Labute approximate surface area is 119 Å². The number of piperazine rings is 1. The first-order valence-corrected chi connectivity index (χ1v) is 8.30. The Balaban J connectivity index is 1.92. The minimum Gasteiger partial charge on any atom is -0.338 e. The smallest absolute Gasteiger partial charge is 0.240 e. The van der Waals surface area contributed by atoms with Crippen LogP contribution < -0.4 is 5.73 Å². The molecule has 20 heavy (non-hydrogen) atoms. The lowest BCUT2D eigenvalue weighted by Crippen LogP contribution is -2.47. The fourth-order valence-electron chi connectivity index (χ4n) is 1.99. The molecule has 9 heteroatoms. The topological polar surface area (TPSA) is 106 Å². The molecule has 0 spiro atoms. The zero-order chi connectivity index (χ0) is 15.0. The first kappa shape index (κ1) is 15.4. The standard InChI is InChI=1S/C11H21N5O3S/c1-11(2,12)10-13-9(19-14-10)8-15-4-6-16(7-5-15)20(3,17)18/h4-8,12H2,1-3H3. The van der Waals surface area contributed by atoms with E-state index >= 15 is 0 Å². The molecule has 2 N–H and O–H groups in total. The number of nitrogens with zero attached hydrogens (tertiary/aromatic N) is 4. The summed E-state index contributed by atoms with van der Waals surface area (Å²) >= 11 is 0. The van der Waals surface area contributed by atoms with Crippen LogP contribution >= 0.6 is 0 Å². The van der Waals surface area contributed by atoms with Gasteiger partial charge < -0.3 is 10.3 Å². The van der Waals surface area contributed by atoms with E-state index in [-0.39, 0.29) is 0 Å². The summed E-state index contributed by atoms with van der Waals surface area (Å²) in [6, 6.07) is 0. The molecule has 1 aliphatic heterocycles. The maximum absolute atomic E-state index is 11.4. The van der Waals surface area contributed by atoms with Crippen molar-refractivity contribution in [1.29, 1.82) is 0 Å². The van der Waals surface area contributed by atoms with E-state index in [2.05, 4.69) is 15.0 Å². The molecule has 0 aliphatic carbocycles. The number of rotatable bonds is 4. The van der Waals surface area contributed by atoms with Gasteiger partial charge in [0.15, 0.2) is 5.82 Å². The fourth-order valence-corrected chi connectivity index (χ4v) is 2.82. The van der Waals surface area contributed by atoms with Gasteiger partial charge in [0.2, 0.25) is 15.9 Å². The predicted octanol–water partition coefficient (Wildman–Crippen LogP) is -0.659. The summed E-state index contributed by atoms with van der Waals surface area (Å²) in [5.74, 6) is 0.980. The van der Waals surface area contributed by atoms with E-state index in [1.165, 1.54) is 10.6 Å². The van der Waals surface area contributed by atoms with Crippen LogP contribution in [0.15, 0.2) is 4.52 Å². The van der Waals surface area contributed by atoms with Crippen molar-refractivity contribution in [3.8, 4) is 0 Å². The normalized spacial score (nSPS) is 19.4. The zero-order valence-corrected chi connectivity index (χ0v) is 12.9. The van der Waals surface area contributed by atoms with E-state index in [4.69, 9.17) is 10.3 Å². The van der Waals surface area contributed by atoms with Crippen LogP contribution in [-0.4, -0.2) is 60.2 Å². The summed E-state index contributed by atoms with van der Waals surface area (Å²) in [7, 11) is -3.10. The molecule has 114 valence electrons. The van der Waals surface area contributed by atoms with Gasteiger partial charge in [0, 0.05) is 26.2 Å². The summed E-state index contributed by atoms with van der Waals surface area (Å²) < 4.78 is 29.5. The van der Waals surface area contributed by atoms with E-state index < -0.39 is 15.6 Å². The molecule has 2 heterocycles. The molecule has 0 bridgehead atoms. The second-order valence-electron chi connectivity index (χ2n) is 5.67. The molecule has 1 aliphatic rings. The zero-order valence-electron chi connectivity index (χ0n) is 12.0. The molecule has 1 aromatic heterocycles. The minimum atomic E-state index is -3.10. The van der Waals surface area contributed by atoms with Gasteiger partial charge in [0.1, 0.15) is 0 Å². The number of sulfonamides is 1. The van der Waals surface area contributed by atoms with E-state index in [0.29, 0.717) is 44.4 Å². The van der Waals surface area contributed by atoms with E-state index in [0.717, 1.165) is 0 Å². The van der Waals surface area contributed by atoms with Crippen molar-refractivity contribution < 1.29 is 12.9 Å². The Morgan fingerprint density at radius 2 is 1.90 bits per heavy atom. The molecule has 1 aromatic rings. The highest BCUT2D eigenvalue weighted by Crippen LogP contribution is 2.14. The van der Waals surface area contributed by atoms with Crippen molar-refractivity contribution in [2.75, 3.05) is 32.4 Å².